The van der Waals surface area contributed by atoms with Crippen LogP contribution >= 0.6 is 11.8 Å². The molecule has 0 spiro atoms. The Morgan fingerprint density at radius 2 is 1.58 bits per heavy atom. The van der Waals surface area contributed by atoms with E-state index >= 15 is 0 Å². The molecule has 3 aromatic carbocycles. The van der Waals surface area contributed by atoms with E-state index in [9.17, 15) is 4.79 Å². The van der Waals surface area contributed by atoms with E-state index in [0.29, 0.717) is 6.54 Å². The van der Waals surface area contributed by atoms with E-state index in [1.165, 1.54) is 16.0 Å². The van der Waals surface area contributed by atoms with Crippen LogP contribution in [0.2, 0.25) is 0 Å². The molecule has 1 aliphatic heterocycles. The fraction of sp³-hybridized carbons (Fsp3) is 0.136. The molecular weight excluding hydrogens is 340 g/mol. The van der Waals surface area contributed by atoms with Gasteiger partial charge in [-0.15, -0.1) is 11.8 Å². The molecule has 4 rings (SSSR count). The highest BCUT2D eigenvalue weighted by molar-refractivity contribution is 7.98. The van der Waals surface area contributed by atoms with Crippen molar-refractivity contribution in [2.45, 2.75) is 23.2 Å². The Morgan fingerprint density at radius 1 is 0.885 bits per heavy atom. The van der Waals surface area contributed by atoms with Crippen molar-refractivity contribution in [2.75, 3.05) is 0 Å². The molecular formula is C22H20N2OS. The third-order valence-electron chi connectivity index (χ3n) is 4.55. The Bertz CT molecular complexity index is 863. The largest absolute Gasteiger partial charge is 0.334 e. The molecule has 130 valence electrons. The molecule has 1 atom stereocenters. The van der Waals surface area contributed by atoms with Gasteiger partial charge in [-0.1, -0.05) is 72.8 Å². The summed E-state index contributed by atoms with van der Waals surface area (Å²) >= 11 is 1.82. The second kappa shape index (κ2) is 7.67. The summed E-state index contributed by atoms with van der Waals surface area (Å²) in [5.41, 5.74) is 4.67. The highest BCUT2D eigenvalue weighted by Gasteiger charge is 2.24. The zero-order valence-electron chi connectivity index (χ0n) is 14.3. The van der Waals surface area contributed by atoms with Gasteiger partial charge in [-0.2, -0.15) is 0 Å². The highest BCUT2D eigenvalue weighted by Crippen LogP contribution is 2.39. The molecule has 4 heteroatoms. The van der Waals surface area contributed by atoms with Gasteiger partial charge in [-0.05, 0) is 28.3 Å². The first-order valence-corrected chi connectivity index (χ1v) is 9.67. The first-order valence-electron chi connectivity index (χ1n) is 8.69. The number of hydrogen-bond donors (Lipinski definition) is 2. The number of fused-ring (bicyclic) bond motifs is 2. The van der Waals surface area contributed by atoms with Crippen LogP contribution in [-0.4, -0.2) is 6.03 Å². The van der Waals surface area contributed by atoms with Crippen molar-refractivity contribution in [1.82, 2.24) is 10.6 Å². The smallest absolute Gasteiger partial charge is 0.315 e. The number of carbonyl (C=O) groups excluding carboxylic acids is 1. The van der Waals surface area contributed by atoms with Gasteiger partial charge < -0.3 is 10.6 Å². The van der Waals surface area contributed by atoms with Crippen molar-refractivity contribution in [3.05, 3.63) is 101 Å². The minimum atomic E-state index is -0.157. The lowest BCUT2D eigenvalue weighted by Crippen LogP contribution is -2.38. The predicted octanol–water partition coefficient (Wildman–Crippen LogP) is 4.88. The monoisotopic (exact) mass is 360 g/mol. The maximum atomic E-state index is 12.6. The molecule has 0 saturated carbocycles. The number of urea groups is 1. The minimum absolute atomic E-state index is 0.145. The summed E-state index contributed by atoms with van der Waals surface area (Å²) < 4.78 is 0. The van der Waals surface area contributed by atoms with Gasteiger partial charge in [0.15, 0.2) is 0 Å². The van der Waals surface area contributed by atoms with E-state index in [-0.39, 0.29) is 12.1 Å². The van der Waals surface area contributed by atoms with Gasteiger partial charge in [0.2, 0.25) is 0 Å². The van der Waals surface area contributed by atoms with E-state index in [1.807, 2.05) is 60.3 Å². The number of thioether (sulfide) groups is 1. The zero-order valence-corrected chi connectivity index (χ0v) is 15.1. The first-order chi connectivity index (χ1) is 12.8. The normalized spacial score (nSPS) is 15.3. The van der Waals surface area contributed by atoms with Crippen molar-refractivity contribution in [3.8, 4) is 0 Å². The molecule has 2 N–H and O–H groups in total. The molecule has 1 heterocycles. The molecule has 0 bridgehead atoms. The maximum absolute atomic E-state index is 12.6. The van der Waals surface area contributed by atoms with Gasteiger partial charge in [0.05, 0.1) is 6.04 Å². The summed E-state index contributed by atoms with van der Waals surface area (Å²) in [6.45, 7) is 0.511. The van der Waals surface area contributed by atoms with Gasteiger partial charge in [0, 0.05) is 17.2 Å². The predicted molar refractivity (Wildman–Crippen MR) is 106 cm³/mol. The van der Waals surface area contributed by atoms with E-state index in [4.69, 9.17) is 0 Å². The average Bonchev–Trinajstić information content (AvgIpc) is 2.85. The average molecular weight is 360 g/mol. The molecule has 26 heavy (non-hydrogen) atoms. The third kappa shape index (κ3) is 3.60. The van der Waals surface area contributed by atoms with E-state index in [2.05, 4.69) is 41.0 Å². The Morgan fingerprint density at radius 3 is 2.42 bits per heavy atom. The number of rotatable bonds is 3. The van der Waals surface area contributed by atoms with Crippen molar-refractivity contribution >= 4 is 17.8 Å². The van der Waals surface area contributed by atoms with Gasteiger partial charge in [-0.25, -0.2) is 4.79 Å². The molecule has 0 aliphatic carbocycles. The third-order valence-corrected chi connectivity index (χ3v) is 5.69. The summed E-state index contributed by atoms with van der Waals surface area (Å²) in [7, 11) is 0. The SMILES string of the molecule is O=C(NCc1ccccc1)N[C@H]1c2ccccc2CSc2ccccc21. The molecule has 0 saturated heterocycles. The summed E-state index contributed by atoms with van der Waals surface area (Å²) in [5, 5.41) is 6.15. The number of amides is 2. The summed E-state index contributed by atoms with van der Waals surface area (Å²) in [4.78, 5) is 13.8. The van der Waals surface area contributed by atoms with Crippen LogP contribution in [0, 0.1) is 0 Å². The molecule has 2 amide bonds. The fourth-order valence-electron chi connectivity index (χ4n) is 3.24. The second-order valence-electron chi connectivity index (χ2n) is 6.27. The molecule has 0 unspecified atom stereocenters. The molecule has 3 aromatic rings. The first kappa shape index (κ1) is 16.7. The van der Waals surface area contributed by atoms with Crippen LogP contribution in [0.4, 0.5) is 4.79 Å². The van der Waals surface area contributed by atoms with Crippen LogP contribution in [0.1, 0.15) is 28.3 Å². The molecule has 3 nitrogen and oxygen atoms in total. The summed E-state index contributed by atoms with van der Waals surface area (Å²) in [5.74, 6) is 0.914. The van der Waals surface area contributed by atoms with Crippen molar-refractivity contribution in [1.29, 1.82) is 0 Å². The van der Waals surface area contributed by atoms with Crippen molar-refractivity contribution in [2.24, 2.45) is 0 Å². The summed E-state index contributed by atoms with van der Waals surface area (Å²) in [6.07, 6.45) is 0. The lowest BCUT2D eigenvalue weighted by Gasteiger charge is -2.21. The van der Waals surface area contributed by atoms with Crippen LogP contribution in [0.3, 0.4) is 0 Å². The molecule has 0 aromatic heterocycles. The lowest BCUT2D eigenvalue weighted by molar-refractivity contribution is 0.238. The molecule has 0 radical (unpaired) electrons. The fourth-order valence-corrected chi connectivity index (χ4v) is 4.34. The van der Waals surface area contributed by atoms with E-state index in [0.717, 1.165) is 16.9 Å². The molecule has 1 aliphatic rings. The standard InChI is InChI=1S/C22H20N2OS/c25-22(23-14-16-8-2-1-3-9-16)24-21-18-11-5-4-10-17(18)15-26-20-13-7-6-12-19(20)21/h1-13,21H,14-15H2,(H2,23,24,25)/t21-/m0/s1. The van der Waals surface area contributed by atoms with Crippen LogP contribution in [-0.2, 0) is 12.3 Å². The van der Waals surface area contributed by atoms with Crippen LogP contribution < -0.4 is 10.6 Å². The topological polar surface area (TPSA) is 41.1 Å². The second-order valence-corrected chi connectivity index (χ2v) is 7.29. The Balaban J connectivity index is 1.57. The van der Waals surface area contributed by atoms with Gasteiger partial charge >= 0.3 is 6.03 Å². The molecule has 0 fully saturated rings. The zero-order chi connectivity index (χ0) is 17.8. The highest BCUT2D eigenvalue weighted by atomic mass is 32.2. The van der Waals surface area contributed by atoms with E-state index < -0.39 is 0 Å². The Hall–Kier alpha value is -2.72. The van der Waals surface area contributed by atoms with Crippen LogP contribution in [0.25, 0.3) is 0 Å². The van der Waals surface area contributed by atoms with Crippen molar-refractivity contribution < 1.29 is 4.79 Å². The van der Waals surface area contributed by atoms with Gasteiger partial charge in [0.25, 0.3) is 0 Å². The maximum Gasteiger partial charge on any atom is 0.315 e. The number of benzene rings is 3. The summed E-state index contributed by atoms with van der Waals surface area (Å²) in [6, 6.07) is 26.3. The van der Waals surface area contributed by atoms with Gasteiger partial charge in [0.1, 0.15) is 0 Å². The van der Waals surface area contributed by atoms with E-state index in [1.54, 1.807) is 0 Å². The number of carbonyl (C=O) groups is 1. The number of nitrogens with one attached hydrogen (secondary N) is 2. The lowest BCUT2D eigenvalue weighted by atomic mass is 9.95. The quantitative estimate of drug-likeness (QED) is 0.699. The van der Waals surface area contributed by atoms with Crippen LogP contribution in [0.15, 0.2) is 83.8 Å². The van der Waals surface area contributed by atoms with Crippen molar-refractivity contribution in [3.63, 3.8) is 0 Å². The Labute approximate surface area is 157 Å². The van der Waals surface area contributed by atoms with Crippen LogP contribution in [0.5, 0.6) is 0 Å². The Kier molecular flexibility index (Phi) is 4.93. The van der Waals surface area contributed by atoms with Gasteiger partial charge in [-0.3, -0.25) is 0 Å². The number of hydrogen-bond acceptors (Lipinski definition) is 2. The minimum Gasteiger partial charge on any atom is -0.334 e.